The van der Waals surface area contributed by atoms with Crippen LogP contribution in [-0.4, -0.2) is 31.1 Å². The first kappa shape index (κ1) is 20.8. The molecule has 1 aliphatic heterocycles. The molecule has 0 amide bonds. The normalized spacial score (nSPS) is 16.2. The van der Waals surface area contributed by atoms with Crippen molar-refractivity contribution in [3.05, 3.63) is 65.2 Å². The maximum Gasteiger partial charge on any atom is 0.111 e. The fraction of sp³-hybridized carbons (Fsp3) is 0.294. The fourth-order valence-corrected chi connectivity index (χ4v) is 3.23. The number of alkyl halides is 1. The van der Waals surface area contributed by atoms with Gasteiger partial charge in [-0.2, -0.15) is 0 Å². The van der Waals surface area contributed by atoms with Crippen molar-refractivity contribution in [1.29, 1.82) is 0 Å². The summed E-state index contributed by atoms with van der Waals surface area (Å²) in [5.74, 6) is 0. The van der Waals surface area contributed by atoms with Crippen molar-refractivity contribution in [3.8, 4) is 0 Å². The van der Waals surface area contributed by atoms with Gasteiger partial charge in [0, 0.05) is 36.9 Å². The van der Waals surface area contributed by atoms with Crippen LogP contribution in [0, 0.1) is 0 Å². The molecule has 1 atom stereocenters. The summed E-state index contributed by atoms with van der Waals surface area (Å²) >= 11 is 12.7. The molecule has 0 radical (unpaired) electrons. The molecule has 1 fully saturated rings. The van der Waals surface area contributed by atoms with Crippen LogP contribution in [-0.2, 0) is 0 Å². The second-order valence-electron chi connectivity index (χ2n) is 5.25. The van der Waals surface area contributed by atoms with E-state index in [4.69, 9.17) is 23.2 Å². The fourth-order valence-electron chi connectivity index (χ4n) is 2.70. The Morgan fingerprint density at radius 1 is 0.826 bits per heavy atom. The minimum atomic E-state index is -0.0484. The van der Waals surface area contributed by atoms with Crippen LogP contribution in [0.25, 0.3) is 0 Å². The summed E-state index contributed by atoms with van der Waals surface area (Å²) in [4.78, 5) is 4.68. The molecule has 1 aliphatic rings. The quantitative estimate of drug-likeness (QED) is 0.417. The average molecular weight is 483 g/mol. The van der Waals surface area contributed by atoms with Crippen LogP contribution in [0.1, 0.15) is 11.1 Å². The standard InChI is InChI=1S/C17H18Cl2N2.2BrH/c18-15-7-4-8-16(13-15)20-9-11-21(12-10-20)17(19)14-5-2-1-3-6-14;;/h1-8,13,17H,9-12H2;2*1H. The van der Waals surface area contributed by atoms with Crippen molar-refractivity contribution in [1.82, 2.24) is 4.90 Å². The lowest BCUT2D eigenvalue weighted by molar-refractivity contribution is 0.238. The number of halogens is 4. The molecule has 126 valence electrons. The van der Waals surface area contributed by atoms with Crippen LogP contribution in [0.3, 0.4) is 0 Å². The highest BCUT2D eigenvalue weighted by Crippen LogP contribution is 2.27. The number of benzene rings is 2. The minimum Gasteiger partial charge on any atom is -0.369 e. The Morgan fingerprint density at radius 3 is 2.09 bits per heavy atom. The number of rotatable bonds is 3. The third-order valence-electron chi connectivity index (χ3n) is 3.88. The molecule has 1 heterocycles. The van der Waals surface area contributed by atoms with E-state index in [0.717, 1.165) is 36.8 Å². The van der Waals surface area contributed by atoms with E-state index in [9.17, 15) is 0 Å². The lowest BCUT2D eigenvalue weighted by Crippen LogP contribution is -2.46. The number of hydrogen-bond acceptors (Lipinski definition) is 2. The first-order valence-corrected chi connectivity index (χ1v) is 7.99. The number of anilines is 1. The Bertz CT molecular complexity index is 590. The van der Waals surface area contributed by atoms with Crippen molar-refractivity contribution < 1.29 is 0 Å². The van der Waals surface area contributed by atoms with Gasteiger partial charge in [-0.25, -0.2) is 0 Å². The number of piperazine rings is 1. The predicted molar refractivity (Wildman–Crippen MR) is 111 cm³/mol. The molecule has 3 rings (SSSR count). The summed E-state index contributed by atoms with van der Waals surface area (Å²) in [5, 5.41) is 0.787. The number of nitrogens with zero attached hydrogens (tertiary/aromatic N) is 2. The summed E-state index contributed by atoms with van der Waals surface area (Å²) in [6, 6.07) is 18.3. The van der Waals surface area contributed by atoms with E-state index in [1.54, 1.807) is 0 Å². The Hall–Kier alpha value is -0.260. The average Bonchev–Trinajstić information content (AvgIpc) is 2.55. The lowest BCUT2D eigenvalue weighted by atomic mass is 10.2. The van der Waals surface area contributed by atoms with Gasteiger partial charge in [-0.15, -0.1) is 45.6 Å². The monoisotopic (exact) mass is 480 g/mol. The molecular weight excluding hydrogens is 463 g/mol. The molecule has 0 aliphatic carbocycles. The van der Waals surface area contributed by atoms with Gasteiger partial charge < -0.3 is 4.90 Å². The maximum atomic E-state index is 6.59. The van der Waals surface area contributed by atoms with Gasteiger partial charge in [-0.05, 0) is 23.8 Å². The molecule has 0 saturated carbocycles. The summed E-state index contributed by atoms with van der Waals surface area (Å²) in [7, 11) is 0. The van der Waals surface area contributed by atoms with E-state index in [0.29, 0.717) is 0 Å². The van der Waals surface area contributed by atoms with Crippen LogP contribution in [0.15, 0.2) is 54.6 Å². The van der Waals surface area contributed by atoms with E-state index in [-0.39, 0.29) is 39.5 Å². The second-order valence-corrected chi connectivity index (χ2v) is 6.10. The highest BCUT2D eigenvalue weighted by Gasteiger charge is 2.23. The Kier molecular flexibility index (Phi) is 8.94. The molecule has 2 aromatic carbocycles. The largest absolute Gasteiger partial charge is 0.369 e. The maximum absolute atomic E-state index is 6.59. The predicted octanol–water partition coefficient (Wildman–Crippen LogP) is 5.56. The van der Waals surface area contributed by atoms with Gasteiger partial charge in [-0.1, -0.05) is 48.0 Å². The summed E-state index contributed by atoms with van der Waals surface area (Å²) in [6.07, 6.45) is 0. The molecule has 0 aromatic heterocycles. The Balaban J connectivity index is 0.00000132. The van der Waals surface area contributed by atoms with Gasteiger partial charge in [0.2, 0.25) is 0 Å². The summed E-state index contributed by atoms with van der Waals surface area (Å²) in [6.45, 7) is 3.85. The minimum absolute atomic E-state index is 0. The molecule has 6 heteroatoms. The van der Waals surface area contributed by atoms with Crippen LogP contribution in [0.4, 0.5) is 5.69 Å². The van der Waals surface area contributed by atoms with Crippen LogP contribution >= 0.6 is 57.2 Å². The molecule has 0 N–H and O–H groups in total. The van der Waals surface area contributed by atoms with E-state index in [1.807, 2.05) is 36.4 Å². The van der Waals surface area contributed by atoms with Crippen molar-refractivity contribution in [2.45, 2.75) is 5.50 Å². The van der Waals surface area contributed by atoms with Crippen molar-refractivity contribution >= 4 is 62.9 Å². The molecule has 1 unspecified atom stereocenters. The zero-order valence-electron chi connectivity index (χ0n) is 12.6. The molecule has 0 spiro atoms. The Labute approximate surface area is 168 Å². The van der Waals surface area contributed by atoms with E-state index in [2.05, 4.69) is 28.0 Å². The molecular formula is C17H20Br2Cl2N2. The summed E-state index contributed by atoms with van der Waals surface area (Å²) < 4.78 is 0. The second kappa shape index (κ2) is 9.90. The molecule has 23 heavy (non-hydrogen) atoms. The first-order chi connectivity index (χ1) is 10.2. The molecule has 2 aromatic rings. The van der Waals surface area contributed by atoms with Gasteiger partial charge in [0.05, 0.1) is 0 Å². The first-order valence-electron chi connectivity index (χ1n) is 7.17. The van der Waals surface area contributed by atoms with Crippen molar-refractivity contribution in [2.24, 2.45) is 0 Å². The highest BCUT2D eigenvalue weighted by atomic mass is 79.9. The third-order valence-corrected chi connectivity index (χ3v) is 4.65. The molecule has 2 nitrogen and oxygen atoms in total. The van der Waals surface area contributed by atoms with E-state index in [1.165, 1.54) is 5.69 Å². The lowest BCUT2D eigenvalue weighted by Gasteiger charge is -2.38. The van der Waals surface area contributed by atoms with Crippen LogP contribution in [0.5, 0.6) is 0 Å². The van der Waals surface area contributed by atoms with E-state index >= 15 is 0 Å². The topological polar surface area (TPSA) is 6.48 Å². The van der Waals surface area contributed by atoms with Crippen LogP contribution < -0.4 is 4.90 Å². The zero-order valence-corrected chi connectivity index (χ0v) is 17.5. The van der Waals surface area contributed by atoms with Crippen molar-refractivity contribution in [3.63, 3.8) is 0 Å². The van der Waals surface area contributed by atoms with Crippen LogP contribution in [0.2, 0.25) is 5.02 Å². The summed E-state index contributed by atoms with van der Waals surface area (Å²) in [5.41, 5.74) is 2.30. The highest BCUT2D eigenvalue weighted by molar-refractivity contribution is 8.93. The van der Waals surface area contributed by atoms with Gasteiger partial charge in [0.25, 0.3) is 0 Å². The molecule has 0 bridgehead atoms. The molecule has 1 saturated heterocycles. The smallest absolute Gasteiger partial charge is 0.111 e. The van der Waals surface area contributed by atoms with E-state index < -0.39 is 0 Å². The zero-order chi connectivity index (χ0) is 14.7. The van der Waals surface area contributed by atoms with Crippen molar-refractivity contribution in [2.75, 3.05) is 31.1 Å². The number of hydrogen-bond donors (Lipinski definition) is 0. The third kappa shape index (κ3) is 5.36. The van der Waals surface area contributed by atoms with Gasteiger partial charge in [0.15, 0.2) is 0 Å². The van der Waals surface area contributed by atoms with Gasteiger partial charge >= 0.3 is 0 Å². The SMILES string of the molecule is Br.Br.Clc1cccc(N2CCN(C(Cl)c3ccccc3)CC2)c1. The van der Waals surface area contributed by atoms with Gasteiger partial charge in [0.1, 0.15) is 5.50 Å². The van der Waals surface area contributed by atoms with Gasteiger partial charge in [-0.3, -0.25) is 4.90 Å². The Morgan fingerprint density at radius 2 is 1.48 bits per heavy atom.